The van der Waals surface area contributed by atoms with Crippen molar-refractivity contribution in [1.82, 2.24) is 0 Å². The second kappa shape index (κ2) is 11.0. The van der Waals surface area contributed by atoms with E-state index in [9.17, 15) is 22.8 Å². The summed E-state index contributed by atoms with van der Waals surface area (Å²) in [6.07, 6.45) is 4.97. The average Bonchev–Trinajstić information content (AvgIpc) is 2.76. The largest absolute Gasteiger partial charge is 0.278 e. The lowest BCUT2D eigenvalue weighted by atomic mass is 9.54. The molecule has 0 heterocycles. The van der Waals surface area contributed by atoms with Crippen LogP contribution in [0.25, 0.3) is 0 Å². The van der Waals surface area contributed by atoms with Gasteiger partial charge in [0.05, 0.1) is 5.69 Å². The molecule has 2 amide bonds. The molecule has 8 heteroatoms. The van der Waals surface area contributed by atoms with Gasteiger partial charge in [0.1, 0.15) is 7.85 Å². The number of rotatable bonds is 10. The van der Waals surface area contributed by atoms with Crippen LogP contribution < -0.4 is 15.7 Å². The van der Waals surface area contributed by atoms with Crippen LogP contribution in [0.1, 0.15) is 59.8 Å². The van der Waals surface area contributed by atoms with Crippen molar-refractivity contribution in [3.63, 3.8) is 0 Å². The Bertz CT molecular complexity index is 865. The summed E-state index contributed by atoms with van der Waals surface area (Å²) in [6.45, 7) is 12.2. The summed E-state index contributed by atoms with van der Waals surface area (Å²) < 4.78 is 43.1. The molecule has 0 bridgehead atoms. The Morgan fingerprint density at radius 1 is 1.22 bits per heavy atom. The molecule has 1 aromatic rings. The van der Waals surface area contributed by atoms with Gasteiger partial charge in [-0.3, -0.25) is 14.5 Å². The van der Waals surface area contributed by atoms with E-state index in [2.05, 4.69) is 20.4 Å². The topological polar surface area (TPSA) is 37.4 Å². The number of benzene rings is 1. The molecule has 1 aliphatic carbocycles. The summed E-state index contributed by atoms with van der Waals surface area (Å²) in [5, 5.41) is -0.628. The van der Waals surface area contributed by atoms with Gasteiger partial charge in [0.2, 0.25) is 12.3 Å². The Kier molecular flexibility index (Phi) is 9.16. The first kappa shape index (κ1) is 26.6. The highest BCUT2D eigenvalue weighted by atomic mass is 31.0. The van der Waals surface area contributed by atoms with Crippen LogP contribution in [0.4, 0.5) is 18.9 Å². The van der Waals surface area contributed by atoms with E-state index >= 15 is 0 Å². The first-order valence-corrected chi connectivity index (χ1v) is 11.9. The molecule has 176 valence electrons. The Balaban J connectivity index is 2.39. The molecule has 0 radical (unpaired) electrons. The Hall–Kier alpha value is -1.62. The van der Waals surface area contributed by atoms with Crippen molar-refractivity contribution in [1.29, 1.82) is 0 Å². The molecule has 0 saturated heterocycles. The van der Waals surface area contributed by atoms with Crippen molar-refractivity contribution < 1.29 is 22.8 Å². The lowest BCUT2D eigenvalue weighted by Crippen LogP contribution is -2.55. The SMILES string of the molecule is Bc1c(F)c(F)c(P)c(F)c1N(C=O)C(=O)C1C(C)C(CCCC)[C@@H]1CCC(C)C(=C)C. The number of carbonyl (C=O) groups is 2. The second-order valence-electron chi connectivity index (χ2n) is 9.32. The maximum Gasteiger partial charge on any atom is 0.237 e. The normalized spacial score (nSPS) is 23.4. The summed E-state index contributed by atoms with van der Waals surface area (Å²) in [7, 11) is 2.98. The third kappa shape index (κ3) is 4.98. The van der Waals surface area contributed by atoms with Gasteiger partial charge in [0, 0.05) is 11.2 Å². The molecule has 3 nitrogen and oxygen atoms in total. The molecular weight excluding hydrogens is 433 g/mol. The van der Waals surface area contributed by atoms with Gasteiger partial charge < -0.3 is 0 Å². The van der Waals surface area contributed by atoms with Crippen LogP contribution in [0.5, 0.6) is 0 Å². The van der Waals surface area contributed by atoms with Crippen LogP contribution in [0, 0.1) is 47.0 Å². The fourth-order valence-corrected chi connectivity index (χ4v) is 5.27. The maximum absolute atomic E-state index is 14.9. The number of hydrogen-bond donors (Lipinski definition) is 0. The summed E-state index contributed by atoms with van der Waals surface area (Å²) in [5.41, 5.74) is 0.174. The zero-order chi connectivity index (χ0) is 24.3. The predicted molar refractivity (Wildman–Crippen MR) is 130 cm³/mol. The number of imide groups is 1. The van der Waals surface area contributed by atoms with Crippen LogP contribution >= 0.6 is 9.24 Å². The van der Waals surface area contributed by atoms with E-state index in [1.54, 1.807) is 9.24 Å². The van der Waals surface area contributed by atoms with E-state index in [-0.39, 0.29) is 18.2 Å². The van der Waals surface area contributed by atoms with E-state index in [0.717, 1.165) is 37.7 Å². The molecule has 5 unspecified atom stereocenters. The number of unbranched alkanes of at least 4 members (excludes halogenated alkanes) is 1. The van der Waals surface area contributed by atoms with Crippen molar-refractivity contribution in [3.8, 4) is 0 Å². The van der Waals surface area contributed by atoms with Crippen molar-refractivity contribution in [2.45, 2.75) is 59.8 Å². The van der Waals surface area contributed by atoms with E-state index in [4.69, 9.17) is 0 Å². The first-order chi connectivity index (χ1) is 15.0. The standard InChI is InChI=1S/C24H34BF3NO2P/c1-6-7-8-15-14(5)17(16(15)10-9-13(4)12(2)3)24(31)29(11-30)22-18(25)19(26)20(27)23(32)21(22)28/h11,13-17H,2,6-10,25,32H2,1,3-5H3/t13?,14?,15?,16-,17?/m0/s1. The highest BCUT2D eigenvalue weighted by Crippen LogP contribution is 2.52. The third-order valence-electron chi connectivity index (χ3n) is 7.35. The maximum atomic E-state index is 14.9. The number of hydrogen-bond acceptors (Lipinski definition) is 2. The number of allylic oxidation sites excluding steroid dienone is 1. The fraction of sp³-hybridized carbons (Fsp3) is 0.583. The Labute approximate surface area is 192 Å². The van der Waals surface area contributed by atoms with Gasteiger partial charge in [-0.15, -0.1) is 0 Å². The fourth-order valence-electron chi connectivity index (χ4n) is 5.01. The molecule has 2 rings (SSSR count). The van der Waals surface area contributed by atoms with E-state index in [0.29, 0.717) is 16.7 Å². The summed E-state index contributed by atoms with van der Waals surface area (Å²) in [5.74, 6) is -4.03. The average molecular weight is 467 g/mol. The second-order valence-corrected chi connectivity index (χ2v) is 9.90. The highest BCUT2D eigenvalue weighted by Gasteiger charge is 2.52. The number of amides is 2. The molecule has 0 spiro atoms. The van der Waals surface area contributed by atoms with E-state index in [1.165, 1.54) is 7.85 Å². The number of anilines is 1. The number of halogens is 3. The van der Waals surface area contributed by atoms with Crippen molar-refractivity contribution in [2.24, 2.45) is 29.6 Å². The van der Waals surface area contributed by atoms with E-state index in [1.807, 2.05) is 13.8 Å². The van der Waals surface area contributed by atoms with Crippen LogP contribution in [-0.2, 0) is 9.59 Å². The Morgan fingerprint density at radius 2 is 1.84 bits per heavy atom. The van der Waals surface area contributed by atoms with E-state index < -0.39 is 45.7 Å². The van der Waals surface area contributed by atoms with Gasteiger partial charge in [-0.2, -0.15) is 0 Å². The molecule has 0 N–H and O–H groups in total. The summed E-state index contributed by atoms with van der Waals surface area (Å²) >= 11 is 0. The zero-order valence-corrected chi connectivity index (χ0v) is 20.8. The molecule has 0 aliphatic heterocycles. The smallest absolute Gasteiger partial charge is 0.237 e. The molecule has 0 aromatic heterocycles. The third-order valence-corrected chi connectivity index (χ3v) is 7.85. The number of nitrogens with zero attached hydrogens (tertiary/aromatic N) is 1. The monoisotopic (exact) mass is 467 g/mol. The molecule has 1 saturated carbocycles. The minimum absolute atomic E-state index is 0.0192. The van der Waals surface area contributed by atoms with Gasteiger partial charge in [-0.05, 0) is 55.3 Å². The molecule has 32 heavy (non-hydrogen) atoms. The van der Waals surface area contributed by atoms with Crippen LogP contribution in [-0.4, -0.2) is 20.2 Å². The lowest BCUT2D eigenvalue weighted by molar-refractivity contribution is -0.139. The van der Waals surface area contributed by atoms with Gasteiger partial charge in [0.25, 0.3) is 0 Å². The zero-order valence-electron chi connectivity index (χ0n) is 19.7. The highest BCUT2D eigenvalue weighted by molar-refractivity contribution is 7.27. The molecule has 1 aromatic carbocycles. The van der Waals surface area contributed by atoms with Gasteiger partial charge in [-0.1, -0.05) is 55.0 Å². The molecule has 1 aliphatic rings. The van der Waals surface area contributed by atoms with Crippen molar-refractivity contribution in [2.75, 3.05) is 4.90 Å². The molecular formula is C24H34BF3NO2P. The van der Waals surface area contributed by atoms with Crippen LogP contribution in [0.3, 0.4) is 0 Å². The number of carbonyl (C=O) groups excluding carboxylic acids is 2. The first-order valence-electron chi connectivity index (χ1n) is 11.4. The lowest BCUT2D eigenvalue weighted by Gasteiger charge is -2.51. The molecule has 6 atom stereocenters. The van der Waals surface area contributed by atoms with Crippen molar-refractivity contribution in [3.05, 3.63) is 29.6 Å². The van der Waals surface area contributed by atoms with Gasteiger partial charge in [0.15, 0.2) is 17.5 Å². The van der Waals surface area contributed by atoms with Gasteiger partial charge >= 0.3 is 0 Å². The van der Waals surface area contributed by atoms with Crippen LogP contribution in [0.15, 0.2) is 12.2 Å². The summed E-state index contributed by atoms with van der Waals surface area (Å²) in [6, 6.07) is 0. The van der Waals surface area contributed by atoms with Crippen molar-refractivity contribution >= 4 is 45.9 Å². The molecule has 1 fully saturated rings. The quantitative estimate of drug-likeness (QED) is 0.171. The summed E-state index contributed by atoms with van der Waals surface area (Å²) in [4.78, 5) is 26.1. The van der Waals surface area contributed by atoms with Crippen LogP contribution in [0.2, 0.25) is 0 Å². The predicted octanol–water partition coefficient (Wildman–Crippen LogP) is 4.03. The minimum Gasteiger partial charge on any atom is -0.278 e. The minimum atomic E-state index is -1.34. The van der Waals surface area contributed by atoms with Gasteiger partial charge in [-0.25, -0.2) is 13.2 Å². The Morgan fingerprint density at radius 3 is 2.38 bits per heavy atom.